The summed E-state index contributed by atoms with van der Waals surface area (Å²) >= 11 is 0. The van der Waals surface area contributed by atoms with Crippen LogP contribution in [0, 0.1) is 0 Å². The Bertz CT molecular complexity index is 1590. The predicted octanol–water partition coefficient (Wildman–Crippen LogP) is 5.74. The summed E-state index contributed by atoms with van der Waals surface area (Å²) < 4.78 is 6.85. The van der Waals surface area contributed by atoms with E-state index in [1.165, 1.54) is 4.68 Å². The predicted molar refractivity (Wildman–Crippen MR) is 143 cm³/mol. The second kappa shape index (κ2) is 9.54. The lowest BCUT2D eigenvalue weighted by molar-refractivity contribution is 0.0958. The van der Waals surface area contributed by atoms with Gasteiger partial charge in [0.25, 0.3) is 5.91 Å². The highest BCUT2D eigenvalue weighted by Crippen LogP contribution is 2.39. The van der Waals surface area contributed by atoms with E-state index in [1.54, 1.807) is 19.5 Å². The zero-order valence-corrected chi connectivity index (χ0v) is 20.1. The SMILES string of the molecule is COc1ccc(C2=C(Nc3ccccn3)Cc3c(-c4ccccc4)c(-c4ccccn4)nn3C2=O)cc1. The first-order valence-electron chi connectivity index (χ1n) is 11.9. The van der Waals surface area contributed by atoms with Crippen LogP contribution < -0.4 is 10.1 Å². The van der Waals surface area contributed by atoms with Gasteiger partial charge >= 0.3 is 0 Å². The van der Waals surface area contributed by atoms with Gasteiger partial charge in [0.15, 0.2) is 0 Å². The molecule has 0 unspecified atom stereocenters. The molecule has 0 saturated carbocycles. The van der Waals surface area contributed by atoms with Gasteiger partial charge in [-0.3, -0.25) is 9.78 Å². The van der Waals surface area contributed by atoms with Crippen LogP contribution in [0.25, 0.3) is 28.1 Å². The highest BCUT2D eigenvalue weighted by atomic mass is 16.5. The number of carbonyl (C=O) groups excluding carboxylic acids is 1. The number of aromatic nitrogens is 4. The number of carbonyl (C=O) groups is 1. The standard InChI is InChI=1S/C30H23N5O2/c1-37-22-15-13-21(14-16-22)27-24(33-26-12-6-8-18-32-26)19-25-28(20-9-3-2-4-10-20)29(34-35(25)30(27)36)23-11-5-7-17-31-23/h2-18H,19H2,1H3,(H,32,33). The van der Waals surface area contributed by atoms with Crippen molar-refractivity contribution in [1.82, 2.24) is 19.7 Å². The monoisotopic (exact) mass is 485 g/mol. The molecular formula is C30H23N5O2. The van der Waals surface area contributed by atoms with E-state index in [-0.39, 0.29) is 5.91 Å². The van der Waals surface area contributed by atoms with Gasteiger partial charge < -0.3 is 10.1 Å². The summed E-state index contributed by atoms with van der Waals surface area (Å²) in [5.41, 5.74) is 6.11. The fourth-order valence-electron chi connectivity index (χ4n) is 4.62. The molecule has 7 nitrogen and oxygen atoms in total. The summed E-state index contributed by atoms with van der Waals surface area (Å²) in [6.45, 7) is 0. The molecule has 180 valence electrons. The Kier molecular flexibility index (Phi) is 5.78. The van der Waals surface area contributed by atoms with Crippen LogP contribution in [0.3, 0.4) is 0 Å². The minimum Gasteiger partial charge on any atom is -0.497 e. The minimum absolute atomic E-state index is 0.218. The fourth-order valence-corrected chi connectivity index (χ4v) is 4.62. The van der Waals surface area contributed by atoms with Crippen molar-refractivity contribution < 1.29 is 9.53 Å². The van der Waals surface area contributed by atoms with Crippen LogP contribution >= 0.6 is 0 Å². The first-order valence-corrected chi connectivity index (χ1v) is 11.9. The summed E-state index contributed by atoms with van der Waals surface area (Å²) in [6.07, 6.45) is 3.91. The van der Waals surface area contributed by atoms with Gasteiger partial charge in [-0.1, -0.05) is 54.6 Å². The molecule has 2 aromatic carbocycles. The molecule has 0 bridgehead atoms. The molecule has 1 aliphatic heterocycles. The number of fused-ring (bicyclic) bond motifs is 1. The normalized spacial score (nSPS) is 12.8. The number of anilines is 1. The van der Waals surface area contributed by atoms with E-state index in [0.29, 0.717) is 29.2 Å². The highest BCUT2D eigenvalue weighted by Gasteiger charge is 2.33. The number of allylic oxidation sites excluding steroid dienone is 2. The van der Waals surface area contributed by atoms with Crippen molar-refractivity contribution in [3.63, 3.8) is 0 Å². The molecule has 5 aromatic rings. The van der Waals surface area contributed by atoms with E-state index in [0.717, 1.165) is 33.8 Å². The molecule has 37 heavy (non-hydrogen) atoms. The van der Waals surface area contributed by atoms with Gasteiger partial charge in [0.1, 0.15) is 17.3 Å². The smallest absolute Gasteiger partial charge is 0.280 e. The largest absolute Gasteiger partial charge is 0.497 e. The summed E-state index contributed by atoms with van der Waals surface area (Å²) in [7, 11) is 1.62. The molecule has 0 saturated heterocycles. The molecule has 0 aliphatic carbocycles. The molecule has 7 heteroatoms. The number of pyridine rings is 2. The van der Waals surface area contributed by atoms with Crippen molar-refractivity contribution in [3.05, 3.63) is 120 Å². The van der Waals surface area contributed by atoms with E-state index in [2.05, 4.69) is 15.3 Å². The third-order valence-electron chi connectivity index (χ3n) is 6.33. The quantitative estimate of drug-likeness (QED) is 0.331. The topological polar surface area (TPSA) is 81.9 Å². The molecule has 3 aromatic heterocycles. The van der Waals surface area contributed by atoms with Crippen LogP contribution in [0.4, 0.5) is 5.82 Å². The fraction of sp³-hybridized carbons (Fsp3) is 0.0667. The van der Waals surface area contributed by atoms with Gasteiger partial charge in [-0.2, -0.15) is 9.78 Å². The first kappa shape index (κ1) is 22.4. The van der Waals surface area contributed by atoms with Crippen molar-refractivity contribution in [2.45, 2.75) is 6.42 Å². The van der Waals surface area contributed by atoms with Gasteiger partial charge in [0.2, 0.25) is 0 Å². The van der Waals surface area contributed by atoms with Crippen molar-refractivity contribution >= 4 is 17.3 Å². The Morgan fingerprint density at radius 1 is 0.811 bits per heavy atom. The van der Waals surface area contributed by atoms with Crippen LogP contribution in [0.15, 0.2) is 109 Å². The second-order valence-electron chi connectivity index (χ2n) is 8.57. The average Bonchev–Trinajstić information content (AvgIpc) is 3.35. The lowest BCUT2D eigenvalue weighted by Crippen LogP contribution is -2.26. The molecular weight excluding hydrogens is 462 g/mol. The number of hydrogen-bond acceptors (Lipinski definition) is 6. The van der Waals surface area contributed by atoms with Crippen molar-refractivity contribution in [1.29, 1.82) is 0 Å². The maximum atomic E-state index is 14.1. The van der Waals surface area contributed by atoms with Crippen molar-refractivity contribution in [3.8, 4) is 28.3 Å². The summed E-state index contributed by atoms with van der Waals surface area (Å²) in [5, 5.41) is 8.25. The van der Waals surface area contributed by atoms with E-state index >= 15 is 0 Å². The first-order chi connectivity index (χ1) is 18.2. The average molecular weight is 486 g/mol. The molecule has 1 N–H and O–H groups in total. The highest BCUT2D eigenvalue weighted by molar-refractivity contribution is 6.23. The maximum absolute atomic E-state index is 14.1. The van der Waals surface area contributed by atoms with Gasteiger partial charge in [0, 0.05) is 30.1 Å². The molecule has 6 rings (SSSR count). The van der Waals surface area contributed by atoms with Crippen LogP contribution in [0.1, 0.15) is 16.1 Å². The number of benzene rings is 2. The van der Waals surface area contributed by atoms with Crippen molar-refractivity contribution in [2.75, 3.05) is 12.4 Å². The second-order valence-corrected chi connectivity index (χ2v) is 8.57. The number of nitrogens with one attached hydrogen (secondary N) is 1. The van der Waals surface area contributed by atoms with Crippen LogP contribution in [-0.2, 0) is 6.42 Å². The molecule has 0 atom stereocenters. The van der Waals surface area contributed by atoms with E-state index in [9.17, 15) is 4.79 Å². The number of ether oxygens (including phenoxy) is 1. The molecule has 0 spiro atoms. The lowest BCUT2D eigenvalue weighted by atomic mass is 9.93. The zero-order chi connectivity index (χ0) is 25.2. The van der Waals surface area contributed by atoms with Gasteiger partial charge in [0.05, 0.1) is 24.1 Å². The Balaban J connectivity index is 1.56. The van der Waals surface area contributed by atoms with E-state index in [4.69, 9.17) is 9.84 Å². The summed E-state index contributed by atoms with van der Waals surface area (Å²) in [5.74, 6) is 1.16. The van der Waals surface area contributed by atoms with Crippen LogP contribution in [-0.4, -0.2) is 32.8 Å². The van der Waals surface area contributed by atoms with Crippen LogP contribution in [0.5, 0.6) is 5.75 Å². The summed E-state index contributed by atoms with van der Waals surface area (Å²) in [6, 6.07) is 28.8. The summed E-state index contributed by atoms with van der Waals surface area (Å²) in [4.78, 5) is 23.1. The van der Waals surface area contributed by atoms with E-state index in [1.807, 2.05) is 91.0 Å². The molecule has 0 radical (unpaired) electrons. The number of rotatable bonds is 6. The lowest BCUT2D eigenvalue weighted by Gasteiger charge is -2.23. The van der Waals surface area contributed by atoms with Gasteiger partial charge in [-0.25, -0.2) is 4.98 Å². The molecule has 1 aliphatic rings. The Morgan fingerprint density at radius 2 is 1.54 bits per heavy atom. The number of hydrogen-bond donors (Lipinski definition) is 1. The van der Waals surface area contributed by atoms with Crippen LogP contribution in [0.2, 0.25) is 0 Å². The maximum Gasteiger partial charge on any atom is 0.280 e. The third kappa shape index (κ3) is 4.16. The Morgan fingerprint density at radius 3 is 2.22 bits per heavy atom. The Labute approximate surface area is 214 Å². The number of methoxy groups -OCH3 is 1. The van der Waals surface area contributed by atoms with Gasteiger partial charge in [-0.15, -0.1) is 0 Å². The molecule has 4 heterocycles. The van der Waals surface area contributed by atoms with E-state index < -0.39 is 0 Å². The third-order valence-corrected chi connectivity index (χ3v) is 6.33. The van der Waals surface area contributed by atoms with Gasteiger partial charge in [-0.05, 0) is 47.5 Å². The molecule has 0 fully saturated rings. The Hall–Kier alpha value is -5.04. The van der Waals surface area contributed by atoms with Crippen molar-refractivity contribution in [2.24, 2.45) is 0 Å². The number of nitrogens with zero attached hydrogens (tertiary/aromatic N) is 4. The molecule has 0 amide bonds. The minimum atomic E-state index is -0.218. The zero-order valence-electron chi connectivity index (χ0n) is 20.1.